The average Bonchev–Trinajstić information content (AvgIpc) is 2.93. The Labute approximate surface area is 131 Å². The van der Waals surface area contributed by atoms with Crippen LogP contribution in [-0.4, -0.2) is 15.9 Å². The standard InChI is InChI=1S/C14H9BrN2O3S/c15-9-3-1-2-8(6-9)14(19)20-7-11-16-10-4-5-21-12(10)13(18)17-11/h1-6H,7H2,(H,16,17,18). The minimum atomic E-state index is -0.468. The van der Waals surface area contributed by atoms with Gasteiger partial charge in [0.05, 0.1) is 11.1 Å². The number of H-pyrrole nitrogens is 1. The van der Waals surface area contributed by atoms with Crippen molar-refractivity contribution in [2.75, 3.05) is 0 Å². The minimum Gasteiger partial charge on any atom is -0.454 e. The van der Waals surface area contributed by atoms with Gasteiger partial charge in [0.15, 0.2) is 0 Å². The van der Waals surface area contributed by atoms with Gasteiger partial charge in [0.25, 0.3) is 5.56 Å². The van der Waals surface area contributed by atoms with E-state index >= 15 is 0 Å². The molecule has 106 valence electrons. The summed E-state index contributed by atoms with van der Waals surface area (Å²) in [6.07, 6.45) is 0. The summed E-state index contributed by atoms with van der Waals surface area (Å²) in [5.74, 6) is -0.140. The third kappa shape index (κ3) is 3.03. The first kappa shape index (κ1) is 14.0. The summed E-state index contributed by atoms with van der Waals surface area (Å²) >= 11 is 4.62. The van der Waals surface area contributed by atoms with Crippen molar-refractivity contribution in [1.82, 2.24) is 9.97 Å². The maximum Gasteiger partial charge on any atom is 0.338 e. The number of carbonyl (C=O) groups excluding carboxylic acids is 1. The van der Waals surface area contributed by atoms with E-state index in [0.717, 1.165) is 4.47 Å². The molecule has 21 heavy (non-hydrogen) atoms. The molecule has 0 fully saturated rings. The summed E-state index contributed by atoms with van der Waals surface area (Å²) in [5.41, 5.74) is 0.823. The molecule has 2 aromatic heterocycles. The molecule has 0 saturated carbocycles. The van der Waals surface area contributed by atoms with Crippen molar-refractivity contribution in [2.45, 2.75) is 6.61 Å². The number of thiophene rings is 1. The molecule has 5 nitrogen and oxygen atoms in total. The van der Waals surface area contributed by atoms with Gasteiger partial charge in [-0.1, -0.05) is 22.0 Å². The van der Waals surface area contributed by atoms with Crippen molar-refractivity contribution < 1.29 is 9.53 Å². The van der Waals surface area contributed by atoms with Gasteiger partial charge in [-0.15, -0.1) is 11.3 Å². The summed E-state index contributed by atoms with van der Waals surface area (Å²) in [6.45, 7) is -0.0770. The molecule has 0 spiro atoms. The highest BCUT2D eigenvalue weighted by atomic mass is 79.9. The Morgan fingerprint density at radius 3 is 3.05 bits per heavy atom. The van der Waals surface area contributed by atoms with Crippen LogP contribution in [-0.2, 0) is 11.3 Å². The number of hydrogen-bond acceptors (Lipinski definition) is 5. The number of fused-ring (bicyclic) bond motifs is 1. The smallest absolute Gasteiger partial charge is 0.338 e. The van der Waals surface area contributed by atoms with Crippen LogP contribution in [0.4, 0.5) is 0 Å². The Kier molecular flexibility index (Phi) is 3.85. The summed E-state index contributed by atoms with van der Waals surface area (Å²) in [6, 6.07) is 8.65. The van der Waals surface area contributed by atoms with E-state index < -0.39 is 5.97 Å². The predicted molar refractivity (Wildman–Crippen MR) is 83.5 cm³/mol. The molecule has 1 N–H and O–H groups in total. The van der Waals surface area contributed by atoms with Gasteiger partial charge in [0, 0.05) is 4.47 Å². The predicted octanol–water partition coefficient (Wildman–Crippen LogP) is 3.10. The maximum absolute atomic E-state index is 11.9. The molecular weight excluding hydrogens is 356 g/mol. The largest absolute Gasteiger partial charge is 0.454 e. The van der Waals surface area contributed by atoms with Gasteiger partial charge >= 0.3 is 5.97 Å². The first-order chi connectivity index (χ1) is 10.1. The molecule has 3 rings (SSSR count). The molecule has 7 heteroatoms. The van der Waals surface area contributed by atoms with Crippen LogP contribution in [0.5, 0.6) is 0 Å². The van der Waals surface area contributed by atoms with Gasteiger partial charge in [-0.2, -0.15) is 0 Å². The van der Waals surface area contributed by atoms with E-state index in [9.17, 15) is 9.59 Å². The van der Waals surface area contributed by atoms with Crippen LogP contribution >= 0.6 is 27.3 Å². The molecule has 0 unspecified atom stereocenters. The lowest BCUT2D eigenvalue weighted by molar-refractivity contribution is 0.0462. The number of rotatable bonds is 3. The molecular formula is C14H9BrN2O3S. The number of carbonyl (C=O) groups is 1. The quantitative estimate of drug-likeness (QED) is 0.724. The van der Waals surface area contributed by atoms with Crippen molar-refractivity contribution in [3.8, 4) is 0 Å². The average molecular weight is 365 g/mol. The molecule has 0 amide bonds. The first-order valence-electron chi connectivity index (χ1n) is 6.02. The highest BCUT2D eigenvalue weighted by molar-refractivity contribution is 9.10. The molecule has 0 bridgehead atoms. The Bertz CT molecular complexity index is 872. The molecule has 0 aliphatic heterocycles. The van der Waals surface area contributed by atoms with Crippen molar-refractivity contribution in [3.63, 3.8) is 0 Å². The molecule has 3 aromatic rings. The van der Waals surface area contributed by atoms with E-state index in [2.05, 4.69) is 25.9 Å². The Morgan fingerprint density at radius 2 is 2.24 bits per heavy atom. The van der Waals surface area contributed by atoms with Crippen LogP contribution in [0, 0.1) is 0 Å². The fourth-order valence-electron chi connectivity index (χ4n) is 1.82. The first-order valence-corrected chi connectivity index (χ1v) is 7.70. The number of aromatic nitrogens is 2. The van der Waals surface area contributed by atoms with Crippen LogP contribution in [0.3, 0.4) is 0 Å². The Balaban J connectivity index is 1.77. The van der Waals surface area contributed by atoms with Gasteiger partial charge in [-0.25, -0.2) is 9.78 Å². The van der Waals surface area contributed by atoms with Crippen LogP contribution in [0.2, 0.25) is 0 Å². The van der Waals surface area contributed by atoms with Gasteiger partial charge in [0.1, 0.15) is 17.1 Å². The second-order valence-corrected chi connectivity index (χ2v) is 6.07. The number of halogens is 1. The van der Waals surface area contributed by atoms with E-state index in [1.54, 1.807) is 29.6 Å². The molecule has 0 aliphatic rings. The fraction of sp³-hybridized carbons (Fsp3) is 0.0714. The lowest BCUT2D eigenvalue weighted by Gasteiger charge is -2.04. The number of esters is 1. The van der Waals surface area contributed by atoms with E-state index in [4.69, 9.17) is 4.74 Å². The molecule has 0 saturated heterocycles. The topological polar surface area (TPSA) is 72.0 Å². The monoisotopic (exact) mass is 364 g/mol. The SMILES string of the molecule is O=C(OCc1nc2ccsc2c(=O)[nH]1)c1cccc(Br)c1. The number of nitrogens with one attached hydrogen (secondary N) is 1. The highest BCUT2D eigenvalue weighted by Crippen LogP contribution is 2.15. The molecule has 0 aliphatic carbocycles. The molecule has 1 aromatic carbocycles. The lowest BCUT2D eigenvalue weighted by Crippen LogP contribution is -2.13. The van der Waals surface area contributed by atoms with Gasteiger partial charge in [0.2, 0.25) is 0 Å². The number of nitrogens with zero attached hydrogens (tertiary/aromatic N) is 1. The zero-order chi connectivity index (χ0) is 14.8. The number of aromatic amines is 1. The summed E-state index contributed by atoms with van der Waals surface area (Å²) in [5, 5.41) is 1.80. The van der Waals surface area contributed by atoms with E-state index in [0.29, 0.717) is 21.6 Å². The van der Waals surface area contributed by atoms with Crippen molar-refractivity contribution >= 4 is 43.5 Å². The highest BCUT2D eigenvalue weighted by Gasteiger charge is 2.10. The normalized spacial score (nSPS) is 10.7. The third-order valence-electron chi connectivity index (χ3n) is 2.76. The number of ether oxygens (including phenoxy) is 1. The zero-order valence-corrected chi connectivity index (χ0v) is 13.0. The van der Waals surface area contributed by atoms with E-state index in [1.807, 2.05) is 6.07 Å². The van der Waals surface area contributed by atoms with Crippen LogP contribution in [0.25, 0.3) is 10.2 Å². The fourth-order valence-corrected chi connectivity index (χ4v) is 2.95. The summed E-state index contributed by atoms with van der Waals surface area (Å²) in [7, 11) is 0. The number of benzene rings is 1. The Hall–Kier alpha value is -1.99. The van der Waals surface area contributed by atoms with E-state index in [-0.39, 0.29) is 12.2 Å². The van der Waals surface area contributed by atoms with Gasteiger partial charge < -0.3 is 9.72 Å². The zero-order valence-electron chi connectivity index (χ0n) is 10.6. The van der Waals surface area contributed by atoms with Gasteiger partial charge in [-0.3, -0.25) is 4.79 Å². The second-order valence-electron chi connectivity index (χ2n) is 4.23. The second kappa shape index (κ2) is 5.79. The number of hydrogen-bond donors (Lipinski definition) is 1. The molecule has 2 heterocycles. The third-order valence-corrected chi connectivity index (χ3v) is 4.16. The maximum atomic E-state index is 11.9. The van der Waals surface area contributed by atoms with Crippen molar-refractivity contribution in [1.29, 1.82) is 0 Å². The van der Waals surface area contributed by atoms with Crippen molar-refractivity contribution in [2.24, 2.45) is 0 Å². The van der Waals surface area contributed by atoms with E-state index in [1.165, 1.54) is 11.3 Å². The summed E-state index contributed by atoms with van der Waals surface area (Å²) < 4.78 is 6.52. The van der Waals surface area contributed by atoms with Crippen molar-refractivity contribution in [3.05, 3.63) is 61.9 Å². The van der Waals surface area contributed by atoms with Crippen LogP contribution in [0.15, 0.2) is 45.0 Å². The van der Waals surface area contributed by atoms with Crippen LogP contribution in [0.1, 0.15) is 16.2 Å². The lowest BCUT2D eigenvalue weighted by atomic mass is 10.2. The summed E-state index contributed by atoms with van der Waals surface area (Å²) in [4.78, 5) is 30.6. The minimum absolute atomic E-state index is 0.0770. The molecule has 0 atom stereocenters. The molecule has 0 radical (unpaired) electrons. The van der Waals surface area contributed by atoms with Crippen LogP contribution < -0.4 is 5.56 Å². The Morgan fingerprint density at radius 1 is 1.38 bits per heavy atom. The van der Waals surface area contributed by atoms with Gasteiger partial charge in [-0.05, 0) is 29.6 Å².